The molecule has 1 aliphatic rings. The van der Waals surface area contributed by atoms with Crippen LogP contribution < -0.4 is 4.74 Å². The van der Waals surface area contributed by atoms with Crippen molar-refractivity contribution in [2.24, 2.45) is 0 Å². The molecule has 1 aliphatic heterocycles. The number of fused-ring (bicyclic) bond motifs is 3. The molecule has 1 aromatic heterocycles. The lowest BCUT2D eigenvalue weighted by Gasteiger charge is -2.29. The average Bonchev–Trinajstić information content (AvgIpc) is 3.04. The second-order valence-corrected chi connectivity index (χ2v) is 6.47. The Balaban J connectivity index is 1.45. The lowest BCUT2D eigenvalue weighted by atomic mass is 10.1. The van der Waals surface area contributed by atoms with E-state index in [2.05, 4.69) is 34.9 Å². The third kappa shape index (κ3) is 3.00. The molecule has 0 saturated carbocycles. The van der Waals surface area contributed by atoms with Crippen molar-refractivity contribution in [2.75, 3.05) is 13.7 Å². The largest absolute Gasteiger partial charge is 0.496 e. The summed E-state index contributed by atoms with van der Waals surface area (Å²) in [6, 6.07) is 18.5. The molecule has 2 heterocycles. The SMILES string of the molecule is COc1ccccc1CCC(=O)N1CCn2c(cc3ccccc32)C1. The van der Waals surface area contributed by atoms with Crippen LogP contribution in [0.5, 0.6) is 5.75 Å². The fourth-order valence-corrected chi connectivity index (χ4v) is 3.68. The Hall–Kier alpha value is -2.75. The number of rotatable bonds is 4. The van der Waals surface area contributed by atoms with E-state index in [1.165, 1.54) is 16.6 Å². The van der Waals surface area contributed by atoms with Gasteiger partial charge in [-0.15, -0.1) is 0 Å². The van der Waals surface area contributed by atoms with E-state index in [0.29, 0.717) is 19.4 Å². The minimum Gasteiger partial charge on any atom is -0.496 e. The highest BCUT2D eigenvalue weighted by atomic mass is 16.5. The molecule has 128 valence electrons. The Morgan fingerprint density at radius 2 is 1.88 bits per heavy atom. The van der Waals surface area contributed by atoms with Gasteiger partial charge in [0, 0.05) is 30.7 Å². The van der Waals surface area contributed by atoms with Crippen LogP contribution in [0.25, 0.3) is 10.9 Å². The van der Waals surface area contributed by atoms with Crippen LogP contribution in [0.3, 0.4) is 0 Å². The summed E-state index contributed by atoms with van der Waals surface area (Å²) in [5, 5.41) is 1.25. The fourth-order valence-electron chi connectivity index (χ4n) is 3.68. The van der Waals surface area contributed by atoms with Crippen LogP contribution in [0.4, 0.5) is 0 Å². The molecule has 0 bridgehead atoms. The average molecular weight is 334 g/mol. The van der Waals surface area contributed by atoms with Crippen molar-refractivity contribution < 1.29 is 9.53 Å². The third-order valence-electron chi connectivity index (χ3n) is 5.00. The molecule has 4 rings (SSSR count). The highest BCUT2D eigenvalue weighted by molar-refractivity contribution is 5.82. The molecule has 0 saturated heterocycles. The maximum absolute atomic E-state index is 12.7. The van der Waals surface area contributed by atoms with Gasteiger partial charge in [0.2, 0.25) is 5.91 Å². The van der Waals surface area contributed by atoms with Gasteiger partial charge in [0.05, 0.1) is 13.7 Å². The summed E-state index contributed by atoms with van der Waals surface area (Å²) in [6.45, 7) is 2.33. The number of hydrogen-bond acceptors (Lipinski definition) is 2. The Kier molecular flexibility index (Phi) is 4.18. The van der Waals surface area contributed by atoms with Crippen LogP contribution in [0.1, 0.15) is 17.7 Å². The molecule has 0 radical (unpaired) electrons. The molecule has 0 fully saturated rings. The van der Waals surface area contributed by atoms with Crippen molar-refractivity contribution in [3.63, 3.8) is 0 Å². The summed E-state index contributed by atoms with van der Waals surface area (Å²) in [5.41, 5.74) is 3.57. The number of nitrogens with zero attached hydrogens (tertiary/aromatic N) is 2. The zero-order chi connectivity index (χ0) is 17.2. The molecule has 0 atom stereocenters. The minimum absolute atomic E-state index is 0.211. The predicted octanol–water partition coefficient (Wildman–Crippen LogP) is 3.62. The zero-order valence-electron chi connectivity index (χ0n) is 14.4. The van der Waals surface area contributed by atoms with Crippen LogP contribution in [-0.4, -0.2) is 29.0 Å². The molecule has 3 aromatic rings. The molecule has 2 aromatic carbocycles. The number of carbonyl (C=O) groups is 1. The van der Waals surface area contributed by atoms with Crippen LogP contribution >= 0.6 is 0 Å². The van der Waals surface area contributed by atoms with Gasteiger partial charge in [-0.3, -0.25) is 4.79 Å². The van der Waals surface area contributed by atoms with E-state index in [1.807, 2.05) is 29.2 Å². The van der Waals surface area contributed by atoms with Crippen LogP contribution in [0, 0.1) is 0 Å². The van der Waals surface area contributed by atoms with Crippen molar-refractivity contribution >= 4 is 16.8 Å². The molecule has 1 amide bonds. The first-order valence-electron chi connectivity index (χ1n) is 8.73. The lowest BCUT2D eigenvalue weighted by molar-refractivity contribution is -0.132. The normalized spacial score (nSPS) is 13.7. The zero-order valence-corrected chi connectivity index (χ0v) is 14.4. The van der Waals surface area contributed by atoms with Gasteiger partial charge in [0.1, 0.15) is 5.75 Å². The molecular weight excluding hydrogens is 312 g/mol. The standard InChI is InChI=1S/C21H22N2O2/c1-25-20-9-5-3-6-16(20)10-11-21(24)22-12-13-23-18(15-22)14-17-7-2-4-8-19(17)23/h2-9,14H,10-13,15H2,1H3. The van der Waals surface area contributed by atoms with Crippen molar-refractivity contribution in [1.82, 2.24) is 9.47 Å². The summed E-state index contributed by atoms with van der Waals surface area (Å²) >= 11 is 0. The van der Waals surface area contributed by atoms with E-state index in [9.17, 15) is 4.79 Å². The number of aryl methyl sites for hydroxylation is 1. The molecule has 4 heteroatoms. The van der Waals surface area contributed by atoms with E-state index >= 15 is 0 Å². The Labute approximate surface area is 147 Å². The predicted molar refractivity (Wildman–Crippen MR) is 98.7 cm³/mol. The van der Waals surface area contributed by atoms with Gasteiger partial charge in [-0.1, -0.05) is 36.4 Å². The monoisotopic (exact) mass is 334 g/mol. The molecule has 4 nitrogen and oxygen atoms in total. The fraction of sp³-hybridized carbons (Fsp3) is 0.286. The first-order valence-corrected chi connectivity index (χ1v) is 8.73. The highest BCUT2D eigenvalue weighted by Gasteiger charge is 2.22. The summed E-state index contributed by atoms with van der Waals surface area (Å²) in [5.74, 6) is 1.07. The van der Waals surface area contributed by atoms with Crippen molar-refractivity contribution in [1.29, 1.82) is 0 Å². The van der Waals surface area contributed by atoms with Gasteiger partial charge >= 0.3 is 0 Å². The van der Waals surface area contributed by atoms with E-state index in [1.54, 1.807) is 7.11 Å². The first kappa shape index (κ1) is 15.8. The quantitative estimate of drug-likeness (QED) is 0.730. The van der Waals surface area contributed by atoms with Gasteiger partial charge in [0.15, 0.2) is 0 Å². The Morgan fingerprint density at radius 3 is 2.76 bits per heavy atom. The number of benzene rings is 2. The van der Waals surface area contributed by atoms with E-state index in [4.69, 9.17) is 4.74 Å². The third-order valence-corrected chi connectivity index (χ3v) is 5.00. The van der Waals surface area contributed by atoms with Crippen molar-refractivity contribution in [3.05, 3.63) is 65.9 Å². The van der Waals surface area contributed by atoms with Crippen molar-refractivity contribution in [3.8, 4) is 5.75 Å². The molecule has 0 N–H and O–H groups in total. The van der Waals surface area contributed by atoms with E-state index in [0.717, 1.165) is 24.4 Å². The molecule has 0 spiro atoms. The maximum Gasteiger partial charge on any atom is 0.223 e. The molecule has 0 aliphatic carbocycles. The lowest BCUT2D eigenvalue weighted by Crippen LogP contribution is -2.38. The number of aromatic nitrogens is 1. The van der Waals surface area contributed by atoms with Crippen molar-refractivity contribution in [2.45, 2.75) is 25.9 Å². The van der Waals surface area contributed by atoms with Crippen LogP contribution in [-0.2, 0) is 24.3 Å². The van der Waals surface area contributed by atoms with Gasteiger partial charge < -0.3 is 14.2 Å². The summed E-state index contributed by atoms with van der Waals surface area (Å²) in [4.78, 5) is 14.6. The molecule has 25 heavy (non-hydrogen) atoms. The number of hydrogen-bond donors (Lipinski definition) is 0. The summed E-state index contributed by atoms with van der Waals surface area (Å²) in [6.07, 6.45) is 1.23. The molecular formula is C21H22N2O2. The van der Waals surface area contributed by atoms with E-state index < -0.39 is 0 Å². The Bertz CT molecular complexity index is 913. The Morgan fingerprint density at radius 1 is 1.08 bits per heavy atom. The second kappa shape index (κ2) is 6.63. The molecule has 0 unspecified atom stereocenters. The van der Waals surface area contributed by atoms with Gasteiger partial charge in [0.25, 0.3) is 0 Å². The van der Waals surface area contributed by atoms with Crippen LogP contribution in [0.2, 0.25) is 0 Å². The number of para-hydroxylation sites is 2. The summed E-state index contributed by atoms with van der Waals surface area (Å²) < 4.78 is 7.71. The number of amides is 1. The number of carbonyl (C=O) groups excluding carboxylic acids is 1. The first-order chi connectivity index (χ1) is 12.3. The maximum atomic E-state index is 12.7. The van der Waals surface area contributed by atoms with E-state index in [-0.39, 0.29) is 5.91 Å². The highest BCUT2D eigenvalue weighted by Crippen LogP contribution is 2.25. The number of ether oxygens (including phenoxy) is 1. The van der Waals surface area contributed by atoms with Gasteiger partial charge in [-0.25, -0.2) is 0 Å². The summed E-state index contributed by atoms with van der Waals surface area (Å²) in [7, 11) is 1.67. The van der Waals surface area contributed by atoms with Gasteiger partial charge in [-0.05, 0) is 35.6 Å². The topological polar surface area (TPSA) is 34.5 Å². The minimum atomic E-state index is 0.211. The van der Waals surface area contributed by atoms with Gasteiger partial charge in [-0.2, -0.15) is 0 Å². The van der Waals surface area contributed by atoms with Crippen LogP contribution in [0.15, 0.2) is 54.6 Å². The smallest absolute Gasteiger partial charge is 0.223 e. The number of methoxy groups -OCH3 is 1. The second-order valence-electron chi connectivity index (χ2n) is 6.47.